The van der Waals surface area contributed by atoms with E-state index in [2.05, 4.69) is 29.1 Å². The average molecular weight is 213 g/mol. The summed E-state index contributed by atoms with van der Waals surface area (Å²) in [5.74, 6) is 0. The second-order valence-corrected chi connectivity index (χ2v) is 4.16. The number of hydrogen-bond donors (Lipinski definition) is 1. The van der Waals surface area contributed by atoms with Crippen LogP contribution in [0.25, 0.3) is 10.8 Å². The van der Waals surface area contributed by atoms with Crippen LogP contribution < -0.4 is 4.90 Å². The highest BCUT2D eigenvalue weighted by Crippen LogP contribution is 2.33. The molecule has 16 heavy (non-hydrogen) atoms. The molecule has 0 saturated carbocycles. The van der Waals surface area contributed by atoms with Gasteiger partial charge in [-0.05, 0) is 25.1 Å². The number of fused-ring (bicyclic) bond motifs is 1. The van der Waals surface area contributed by atoms with E-state index in [4.69, 9.17) is 5.53 Å². The molecule has 0 amide bonds. The summed E-state index contributed by atoms with van der Waals surface area (Å²) in [5, 5.41) is 5.75. The molecule has 0 aromatic heterocycles. The summed E-state index contributed by atoms with van der Waals surface area (Å²) in [4.78, 5) is 2.08. The van der Waals surface area contributed by atoms with Crippen molar-refractivity contribution in [3.63, 3.8) is 0 Å². The van der Waals surface area contributed by atoms with Crippen molar-refractivity contribution < 1.29 is 0 Å². The normalized spacial score (nSPS) is 10.4. The Balaban J connectivity index is 2.85. The van der Waals surface area contributed by atoms with Crippen molar-refractivity contribution in [3.8, 4) is 0 Å². The molecular weight excluding hydrogens is 198 g/mol. The highest BCUT2D eigenvalue weighted by Gasteiger charge is 2.07. The molecule has 0 unspecified atom stereocenters. The summed E-state index contributed by atoms with van der Waals surface area (Å²) in [7, 11) is 4.04. The molecule has 0 aliphatic heterocycles. The Morgan fingerprint density at radius 3 is 2.44 bits per heavy atom. The lowest BCUT2D eigenvalue weighted by molar-refractivity contribution is 1.13. The van der Waals surface area contributed by atoms with Gasteiger partial charge >= 0.3 is 0 Å². The minimum Gasteiger partial charge on any atom is -0.377 e. The first-order chi connectivity index (χ1) is 7.63. The minimum absolute atomic E-state index is 0.723. The Morgan fingerprint density at radius 2 is 1.81 bits per heavy atom. The van der Waals surface area contributed by atoms with Gasteiger partial charge in [0.05, 0.1) is 5.69 Å². The molecule has 2 rings (SSSR count). The van der Waals surface area contributed by atoms with E-state index in [1.807, 2.05) is 32.3 Å². The van der Waals surface area contributed by atoms with Gasteiger partial charge in [-0.15, -0.1) is 0 Å². The summed E-state index contributed by atoms with van der Waals surface area (Å²) in [6.07, 6.45) is 0. The third-order valence-corrected chi connectivity index (χ3v) is 2.73. The molecule has 0 radical (unpaired) electrons. The van der Waals surface area contributed by atoms with Gasteiger partial charge in [0.2, 0.25) is 0 Å². The summed E-state index contributed by atoms with van der Waals surface area (Å²) in [6, 6.07) is 10.1. The molecule has 0 atom stereocenters. The van der Waals surface area contributed by atoms with Crippen LogP contribution in [0, 0.1) is 12.5 Å². The summed E-state index contributed by atoms with van der Waals surface area (Å²) in [5.41, 5.74) is 10.3. The molecule has 0 spiro atoms. The number of benzene rings is 2. The van der Waals surface area contributed by atoms with Crippen molar-refractivity contribution in [1.82, 2.24) is 0 Å². The number of nitrogens with one attached hydrogen (secondary N) is 1. The van der Waals surface area contributed by atoms with Crippen molar-refractivity contribution in [2.75, 3.05) is 19.0 Å². The highest BCUT2D eigenvalue weighted by molar-refractivity contribution is 6.01. The van der Waals surface area contributed by atoms with Crippen LogP contribution in [-0.2, 0) is 0 Å². The van der Waals surface area contributed by atoms with Crippen molar-refractivity contribution in [2.24, 2.45) is 5.11 Å². The molecule has 0 bridgehead atoms. The van der Waals surface area contributed by atoms with Gasteiger partial charge in [0.1, 0.15) is 0 Å². The number of nitrogens with zero attached hydrogens (tertiary/aromatic N) is 2. The Morgan fingerprint density at radius 1 is 1.06 bits per heavy atom. The fourth-order valence-corrected chi connectivity index (χ4v) is 1.92. The lowest BCUT2D eigenvalue weighted by atomic mass is 10.0. The van der Waals surface area contributed by atoms with Crippen LogP contribution in [0.1, 0.15) is 5.56 Å². The molecule has 0 aliphatic carbocycles. The van der Waals surface area contributed by atoms with E-state index in [-0.39, 0.29) is 0 Å². The number of anilines is 1. The van der Waals surface area contributed by atoms with Gasteiger partial charge in [-0.2, -0.15) is 5.11 Å². The van der Waals surface area contributed by atoms with E-state index in [0.717, 1.165) is 22.1 Å². The van der Waals surface area contributed by atoms with E-state index >= 15 is 0 Å². The summed E-state index contributed by atoms with van der Waals surface area (Å²) < 4.78 is 0. The van der Waals surface area contributed by atoms with Crippen LogP contribution in [0.4, 0.5) is 11.4 Å². The first kappa shape index (κ1) is 10.6. The average Bonchev–Trinajstić information content (AvgIpc) is 2.26. The maximum Gasteiger partial charge on any atom is 0.0929 e. The van der Waals surface area contributed by atoms with Gasteiger partial charge in [-0.1, -0.05) is 17.7 Å². The second kappa shape index (κ2) is 3.93. The molecule has 0 heterocycles. The Kier molecular flexibility index (Phi) is 2.60. The van der Waals surface area contributed by atoms with Crippen LogP contribution in [0.2, 0.25) is 0 Å². The van der Waals surface area contributed by atoms with Crippen molar-refractivity contribution in [2.45, 2.75) is 6.92 Å². The molecule has 0 aliphatic rings. The molecular formula is C13H15N3. The van der Waals surface area contributed by atoms with Gasteiger partial charge < -0.3 is 4.90 Å². The Labute approximate surface area is 95.2 Å². The number of aryl methyl sites for hydroxylation is 1. The molecule has 82 valence electrons. The van der Waals surface area contributed by atoms with Gasteiger partial charge in [0.15, 0.2) is 0 Å². The zero-order valence-electron chi connectivity index (χ0n) is 9.78. The van der Waals surface area contributed by atoms with Gasteiger partial charge in [0.25, 0.3) is 0 Å². The lowest BCUT2D eigenvalue weighted by Crippen LogP contribution is -2.08. The van der Waals surface area contributed by atoms with Crippen molar-refractivity contribution in [3.05, 3.63) is 35.9 Å². The van der Waals surface area contributed by atoms with Crippen molar-refractivity contribution in [1.29, 1.82) is 5.53 Å². The minimum atomic E-state index is 0.723. The molecule has 1 N–H and O–H groups in total. The van der Waals surface area contributed by atoms with E-state index in [0.29, 0.717) is 0 Å². The monoisotopic (exact) mass is 213 g/mol. The predicted molar refractivity (Wildman–Crippen MR) is 67.8 cm³/mol. The molecule has 0 saturated heterocycles. The van der Waals surface area contributed by atoms with Gasteiger partial charge in [-0.25, -0.2) is 5.53 Å². The fraction of sp³-hybridized carbons (Fsp3) is 0.231. The fourth-order valence-electron chi connectivity index (χ4n) is 1.92. The zero-order valence-corrected chi connectivity index (χ0v) is 9.78. The summed E-state index contributed by atoms with van der Waals surface area (Å²) >= 11 is 0. The van der Waals surface area contributed by atoms with E-state index in [1.165, 1.54) is 5.56 Å². The second-order valence-electron chi connectivity index (χ2n) is 4.16. The SMILES string of the molecule is Cc1ccc2c(N=N)ccc(N(C)C)c2c1. The van der Waals surface area contributed by atoms with Crippen LogP contribution in [0.5, 0.6) is 0 Å². The third kappa shape index (κ3) is 1.65. The highest BCUT2D eigenvalue weighted by atomic mass is 15.1. The molecule has 2 aromatic rings. The van der Waals surface area contributed by atoms with Crippen LogP contribution >= 0.6 is 0 Å². The first-order valence-corrected chi connectivity index (χ1v) is 5.21. The number of rotatable bonds is 2. The quantitative estimate of drug-likeness (QED) is 0.755. The predicted octanol–water partition coefficient (Wildman–Crippen LogP) is 3.88. The molecule has 3 nitrogen and oxygen atoms in total. The van der Waals surface area contributed by atoms with Crippen LogP contribution in [0.3, 0.4) is 0 Å². The largest absolute Gasteiger partial charge is 0.377 e. The smallest absolute Gasteiger partial charge is 0.0929 e. The Hall–Kier alpha value is -1.90. The molecule has 2 aromatic carbocycles. The Bertz CT molecular complexity index is 544. The zero-order chi connectivity index (χ0) is 11.7. The van der Waals surface area contributed by atoms with E-state index in [1.54, 1.807) is 0 Å². The van der Waals surface area contributed by atoms with Crippen molar-refractivity contribution >= 4 is 22.1 Å². The first-order valence-electron chi connectivity index (χ1n) is 5.21. The van der Waals surface area contributed by atoms with Crippen LogP contribution in [0.15, 0.2) is 35.4 Å². The van der Waals surface area contributed by atoms with Crippen LogP contribution in [-0.4, -0.2) is 14.1 Å². The maximum absolute atomic E-state index is 7.17. The van der Waals surface area contributed by atoms with Gasteiger partial charge in [-0.3, -0.25) is 0 Å². The number of hydrogen-bond acceptors (Lipinski definition) is 3. The molecule has 3 heteroatoms. The van der Waals surface area contributed by atoms with E-state index < -0.39 is 0 Å². The molecule has 0 fully saturated rings. The standard InChI is InChI=1S/C13H15N3/c1-9-4-5-10-11(8-9)13(16(2)3)7-6-12(10)15-14/h4-8,14H,1-3H3. The van der Waals surface area contributed by atoms with Gasteiger partial charge in [0, 0.05) is 30.6 Å². The summed E-state index contributed by atoms with van der Waals surface area (Å²) in [6.45, 7) is 2.07. The topological polar surface area (TPSA) is 39.5 Å². The van der Waals surface area contributed by atoms with E-state index in [9.17, 15) is 0 Å². The maximum atomic E-state index is 7.17. The third-order valence-electron chi connectivity index (χ3n) is 2.73. The lowest BCUT2D eigenvalue weighted by Gasteiger charge is -2.16.